The van der Waals surface area contributed by atoms with E-state index in [1.807, 2.05) is 13.8 Å². The van der Waals surface area contributed by atoms with Crippen LogP contribution in [0.4, 0.5) is 0 Å². The van der Waals surface area contributed by atoms with Crippen molar-refractivity contribution in [3.05, 3.63) is 26.7 Å². The van der Waals surface area contributed by atoms with Crippen LogP contribution in [-0.4, -0.2) is 54.8 Å². The number of ether oxygens (including phenoxy) is 1. The maximum atomic E-state index is 12.6. The largest absolute Gasteiger partial charge is 0.373 e. The summed E-state index contributed by atoms with van der Waals surface area (Å²) in [5.74, 6) is -0.0523. The summed E-state index contributed by atoms with van der Waals surface area (Å²) >= 11 is 0. The topological polar surface area (TPSA) is 117 Å². The summed E-state index contributed by atoms with van der Waals surface area (Å²) < 4.78 is 9.57. The summed E-state index contributed by atoms with van der Waals surface area (Å²) in [6.07, 6.45) is 0.148. The lowest BCUT2D eigenvalue weighted by molar-refractivity contribution is -0.118. The van der Waals surface area contributed by atoms with Crippen LogP contribution >= 0.6 is 0 Å². The molecule has 2 aromatic rings. The molecular formula is C16H24N6O4. The predicted molar refractivity (Wildman–Crippen MR) is 94.7 cm³/mol. The lowest BCUT2D eigenvalue weighted by Crippen LogP contribution is -2.45. The highest BCUT2D eigenvalue weighted by molar-refractivity contribution is 5.78. The van der Waals surface area contributed by atoms with Gasteiger partial charge in [-0.3, -0.25) is 23.6 Å². The van der Waals surface area contributed by atoms with Crippen molar-refractivity contribution in [1.82, 2.24) is 23.6 Å². The molecule has 0 aromatic carbocycles. The predicted octanol–water partition coefficient (Wildman–Crippen LogP) is -1.47. The first-order chi connectivity index (χ1) is 12.2. The number of aryl methyl sites for hydroxylation is 1. The van der Waals surface area contributed by atoms with Crippen LogP contribution in [0.1, 0.15) is 19.7 Å². The summed E-state index contributed by atoms with van der Waals surface area (Å²) in [6, 6.07) is 0. The molecule has 1 aliphatic rings. The monoisotopic (exact) mass is 364 g/mol. The summed E-state index contributed by atoms with van der Waals surface area (Å²) in [5.41, 5.74) is 4.88. The maximum absolute atomic E-state index is 12.6. The Morgan fingerprint density at radius 2 is 1.81 bits per heavy atom. The number of morpholine rings is 1. The molecule has 0 radical (unpaired) electrons. The highest BCUT2D eigenvalue weighted by Gasteiger charge is 2.26. The van der Waals surface area contributed by atoms with Gasteiger partial charge in [0.1, 0.15) is 12.4 Å². The lowest BCUT2D eigenvalue weighted by Gasteiger charge is -2.35. The molecule has 2 N–H and O–H groups in total. The molecule has 0 unspecified atom stereocenters. The first-order valence-electron chi connectivity index (χ1n) is 8.50. The van der Waals surface area contributed by atoms with Crippen molar-refractivity contribution < 1.29 is 9.53 Å². The van der Waals surface area contributed by atoms with Crippen LogP contribution in [0.3, 0.4) is 0 Å². The molecule has 1 aliphatic heterocycles. The highest BCUT2D eigenvalue weighted by atomic mass is 16.5. The van der Waals surface area contributed by atoms with E-state index in [0.717, 1.165) is 4.57 Å². The van der Waals surface area contributed by atoms with Crippen LogP contribution in [0, 0.1) is 0 Å². The minimum atomic E-state index is -0.579. The third kappa shape index (κ3) is 3.17. The van der Waals surface area contributed by atoms with Crippen molar-refractivity contribution in [3.63, 3.8) is 0 Å². The number of imidazole rings is 1. The normalized spacial score (nSPS) is 21.4. The molecule has 0 spiro atoms. The number of aromatic nitrogens is 4. The molecule has 2 aromatic heterocycles. The summed E-state index contributed by atoms with van der Waals surface area (Å²) in [7, 11) is 2.95. The fourth-order valence-corrected chi connectivity index (χ4v) is 3.55. The smallest absolute Gasteiger partial charge is 0.332 e. The molecule has 10 nitrogen and oxygen atoms in total. The molecule has 0 bridgehead atoms. The Hall–Kier alpha value is -2.46. The Morgan fingerprint density at radius 1 is 1.19 bits per heavy atom. The number of hydrogen-bond acceptors (Lipinski definition) is 6. The van der Waals surface area contributed by atoms with E-state index in [1.54, 1.807) is 7.05 Å². The number of rotatable bonds is 4. The van der Waals surface area contributed by atoms with Crippen molar-refractivity contribution in [1.29, 1.82) is 0 Å². The molecule has 0 saturated carbocycles. The van der Waals surface area contributed by atoms with Gasteiger partial charge in [-0.25, -0.2) is 9.78 Å². The third-order valence-electron chi connectivity index (χ3n) is 4.60. The van der Waals surface area contributed by atoms with E-state index in [2.05, 4.69) is 9.88 Å². The summed E-state index contributed by atoms with van der Waals surface area (Å²) in [5, 5.41) is 0. The summed E-state index contributed by atoms with van der Waals surface area (Å²) in [4.78, 5) is 43.0. The minimum Gasteiger partial charge on any atom is -0.373 e. The average molecular weight is 364 g/mol. The zero-order valence-electron chi connectivity index (χ0n) is 15.4. The number of nitrogens with zero attached hydrogens (tertiary/aromatic N) is 5. The minimum absolute atomic E-state index is 0.0740. The van der Waals surface area contributed by atoms with Crippen molar-refractivity contribution in [2.24, 2.45) is 19.8 Å². The Kier molecular flexibility index (Phi) is 4.72. The van der Waals surface area contributed by atoms with Gasteiger partial charge in [-0.05, 0) is 13.8 Å². The third-order valence-corrected chi connectivity index (χ3v) is 4.60. The van der Waals surface area contributed by atoms with E-state index in [9.17, 15) is 14.4 Å². The number of amides is 1. The quantitative estimate of drug-likeness (QED) is 0.708. The second-order valence-electron chi connectivity index (χ2n) is 6.91. The van der Waals surface area contributed by atoms with Crippen LogP contribution in [0.25, 0.3) is 11.2 Å². The van der Waals surface area contributed by atoms with Gasteiger partial charge in [0.05, 0.1) is 18.8 Å². The molecule has 26 heavy (non-hydrogen) atoms. The molecule has 1 saturated heterocycles. The number of fused-ring (bicyclic) bond motifs is 1. The molecule has 3 heterocycles. The van der Waals surface area contributed by atoms with Gasteiger partial charge in [0, 0.05) is 27.2 Å². The number of primary amides is 1. The van der Waals surface area contributed by atoms with Gasteiger partial charge in [0.15, 0.2) is 11.2 Å². The van der Waals surface area contributed by atoms with Gasteiger partial charge in [-0.1, -0.05) is 0 Å². The molecule has 2 atom stereocenters. The Labute approximate surface area is 149 Å². The van der Waals surface area contributed by atoms with Crippen LogP contribution in [0.2, 0.25) is 0 Å². The number of hydrogen-bond donors (Lipinski definition) is 1. The van der Waals surface area contributed by atoms with Gasteiger partial charge >= 0.3 is 5.69 Å². The van der Waals surface area contributed by atoms with Gasteiger partial charge in [0.2, 0.25) is 5.91 Å². The zero-order chi connectivity index (χ0) is 19.2. The van der Waals surface area contributed by atoms with E-state index in [1.165, 1.54) is 16.2 Å². The fourth-order valence-electron chi connectivity index (χ4n) is 3.55. The van der Waals surface area contributed by atoms with E-state index in [0.29, 0.717) is 25.5 Å². The highest BCUT2D eigenvalue weighted by Crippen LogP contribution is 2.17. The number of nitrogens with two attached hydrogens (primary N) is 1. The zero-order valence-corrected chi connectivity index (χ0v) is 15.4. The van der Waals surface area contributed by atoms with Crippen molar-refractivity contribution >= 4 is 17.1 Å². The maximum Gasteiger partial charge on any atom is 0.332 e. The first kappa shape index (κ1) is 18.3. The standard InChI is InChI=1S/C16H24N6O4/c1-9-5-21(6-10(2)26-9)8-12-18-14-13(22(12)7-11(17)23)15(24)20(4)16(25)19(14)3/h9-10H,5-8H2,1-4H3,(H2,17,23)/t9-,10-/m1/s1. The van der Waals surface area contributed by atoms with Crippen LogP contribution < -0.4 is 17.0 Å². The molecule has 0 aliphatic carbocycles. The van der Waals surface area contributed by atoms with Gasteiger partial charge in [0.25, 0.3) is 5.56 Å². The molecule has 10 heteroatoms. The Bertz CT molecular complexity index is 962. The molecular weight excluding hydrogens is 340 g/mol. The van der Waals surface area contributed by atoms with E-state index >= 15 is 0 Å². The molecule has 142 valence electrons. The van der Waals surface area contributed by atoms with E-state index in [4.69, 9.17) is 10.5 Å². The van der Waals surface area contributed by atoms with Crippen LogP contribution in [0.5, 0.6) is 0 Å². The van der Waals surface area contributed by atoms with Crippen LogP contribution in [0.15, 0.2) is 9.59 Å². The Balaban J connectivity index is 2.14. The van der Waals surface area contributed by atoms with Gasteiger partial charge in [-0.2, -0.15) is 0 Å². The molecule has 3 rings (SSSR count). The lowest BCUT2D eigenvalue weighted by atomic mass is 10.2. The van der Waals surface area contributed by atoms with Crippen LogP contribution in [-0.2, 0) is 36.7 Å². The van der Waals surface area contributed by atoms with Gasteiger partial charge in [-0.15, -0.1) is 0 Å². The van der Waals surface area contributed by atoms with Crippen molar-refractivity contribution in [2.45, 2.75) is 39.1 Å². The Morgan fingerprint density at radius 3 is 2.38 bits per heavy atom. The first-order valence-corrected chi connectivity index (χ1v) is 8.50. The fraction of sp³-hybridized carbons (Fsp3) is 0.625. The van der Waals surface area contributed by atoms with Crippen molar-refractivity contribution in [3.8, 4) is 0 Å². The average Bonchev–Trinajstić information content (AvgIpc) is 2.88. The van der Waals surface area contributed by atoms with E-state index in [-0.39, 0.29) is 29.9 Å². The number of carbonyl (C=O) groups excluding carboxylic acids is 1. The van der Waals surface area contributed by atoms with Crippen molar-refractivity contribution in [2.75, 3.05) is 13.1 Å². The second-order valence-corrected chi connectivity index (χ2v) is 6.91. The molecule has 1 amide bonds. The molecule has 1 fully saturated rings. The van der Waals surface area contributed by atoms with E-state index < -0.39 is 17.2 Å². The van der Waals surface area contributed by atoms with Gasteiger partial charge < -0.3 is 15.0 Å². The SMILES string of the molecule is C[C@@H]1CN(Cc2nc3c(c(=O)n(C)c(=O)n3C)n2CC(N)=O)C[C@@H](C)O1. The number of carbonyl (C=O) groups is 1. The second kappa shape index (κ2) is 6.69. The summed E-state index contributed by atoms with van der Waals surface area (Å²) in [6.45, 7) is 5.66.